The lowest BCUT2D eigenvalue weighted by molar-refractivity contribution is -0.316. The molecule has 5 heteroatoms. The zero-order chi connectivity index (χ0) is 10.5. The van der Waals surface area contributed by atoms with Crippen molar-refractivity contribution in [2.24, 2.45) is 0 Å². The fraction of sp³-hybridized carbons (Fsp3) is 1.00. The van der Waals surface area contributed by atoms with Crippen molar-refractivity contribution in [3.8, 4) is 0 Å². The van der Waals surface area contributed by atoms with Crippen LogP contribution in [-0.4, -0.2) is 18.6 Å². The van der Waals surface area contributed by atoms with Gasteiger partial charge in [0, 0.05) is 0 Å². The van der Waals surface area contributed by atoms with Gasteiger partial charge in [-0.05, 0) is 13.3 Å². The van der Waals surface area contributed by atoms with Crippen molar-refractivity contribution in [1.82, 2.24) is 0 Å². The van der Waals surface area contributed by atoms with Crippen molar-refractivity contribution in [3.63, 3.8) is 0 Å². The smallest absolute Gasteiger partial charge is 0.313 e. The predicted molar refractivity (Wildman–Crippen MR) is 41.0 cm³/mol. The molecule has 0 bridgehead atoms. The van der Waals surface area contributed by atoms with Gasteiger partial charge in [0.25, 0.3) is 0 Å². The van der Waals surface area contributed by atoms with Crippen LogP contribution in [0.5, 0.6) is 0 Å². The molecule has 0 radical (unpaired) electrons. The molecule has 0 spiro atoms. The SMILES string of the molecule is CCCCC(C)OC(F)(F)C(F)F. The van der Waals surface area contributed by atoms with Crippen LogP contribution < -0.4 is 0 Å². The molecule has 0 fully saturated rings. The van der Waals surface area contributed by atoms with E-state index >= 15 is 0 Å². The van der Waals surface area contributed by atoms with Gasteiger partial charge in [-0.25, -0.2) is 8.78 Å². The van der Waals surface area contributed by atoms with Crippen molar-refractivity contribution in [2.75, 3.05) is 0 Å². The molecule has 1 nitrogen and oxygen atoms in total. The van der Waals surface area contributed by atoms with Crippen LogP contribution in [0.4, 0.5) is 17.6 Å². The first-order valence-electron chi connectivity index (χ1n) is 4.24. The molecule has 0 aromatic rings. The van der Waals surface area contributed by atoms with Gasteiger partial charge in [-0.1, -0.05) is 19.8 Å². The summed E-state index contributed by atoms with van der Waals surface area (Å²) >= 11 is 0. The summed E-state index contributed by atoms with van der Waals surface area (Å²) in [7, 11) is 0. The number of halogens is 4. The molecule has 0 amide bonds. The minimum absolute atomic E-state index is 0.374. The molecule has 0 saturated carbocycles. The highest BCUT2D eigenvalue weighted by Crippen LogP contribution is 2.26. The second-order valence-corrected chi connectivity index (χ2v) is 2.93. The van der Waals surface area contributed by atoms with E-state index in [0.717, 1.165) is 6.42 Å². The van der Waals surface area contributed by atoms with Gasteiger partial charge in [-0.2, -0.15) is 8.78 Å². The molecule has 0 rings (SSSR count). The van der Waals surface area contributed by atoms with Crippen molar-refractivity contribution in [1.29, 1.82) is 0 Å². The van der Waals surface area contributed by atoms with Crippen molar-refractivity contribution < 1.29 is 22.3 Å². The van der Waals surface area contributed by atoms with Gasteiger partial charge in [-0.3, -0.25) is 0 Å². The Labute approximate surface area is 75.1 Å². The molecular weight excluding hydrogens is 188 g/mol. The first-order valence-corrected chi connectivity index (χ1v) is 4.24. The fourth-order valence-electron chi connectivity index (χ4n) is 0.870. The molecule has 13 heavy (non-hydrogen) atoms. The molecule has 0 aliphatic carbocycles. The van der Waals surface area contributed by atoms with E-state index in [1.165, 1.54) is 6.92 Å². The van der Waals surface area contributed by atoms with Crippen LogP contribution in [0.2, 0.25) is 0 Å². The summed E-state index contributed by atoms with van der Waals surface area (Å²) in [4.78, 5) is 0. The van der Waals surface area contributed by atoms with Gasteiger partial charge in [0.15, 0.2) is 0 Å². The molecule has 0 N–H and O–H groups in total. The second kappa shape index (κ2) is 5.42. The third-order valence-electron chi connectivity index (χ3n) is 1.58. The number of hydrogen-bond donors (Lipinski definition) is 0. The third kappa shape index (κ3) is 5.08. The molecule has 80 valence electrons. The maximum atomic E-state index is 12.3. The second-order valence-electron chi connectivity index (χ2n) is 2.93. The highest BCUT2D eigenvalue weighted by atomic mass is 19.3. The van der Waals surface area contributed by atoms with E-state index in [1.807, 2.05) is 6.92 Å². The molecule has 0 heterocycles. The molecule has 1 unspecified atom stereocenters. The largest absolute Gasteiger partial charge is 0.416 e. The normalized spacial score (nSPS) is 15.0. The number of unbranched alkanes of at least 4 members (excludes halogenated alkanes) is 1. The Morgan fingerprint density at radius 2 is 1.85 bits per heavy atom. The van der Waals surface area contributed by atoms with E-state index in [4.69, 9.17) is 0 Å². The van der Waals surface area contributed by atoms with Crippen molar-refractivity contribution >= 4 is 0 Å². The summed E-state index contributed by atoms with van der Waals surface area (Å²) in [6.07, 6.45) is -7.00. The average Bonchev–Trinajstić information content (AvgIpc) is 1.99. The minimum Gasteiger partial charge on any atom is -0.313 e. The van der Waals surface area contributed by atoms with Crippen LogP contribution in [0.3, 0.4) is 0 Å². The summed E-state index contributed by atoms with van der Waals surface area (Å²) in [6.45, 7) is 3.25. The Morgan fingerprint density at radius 3 is 2.23 bits per heavy atom. The van der Waals surface area contributed by atoms with Crippen LogP contribution >= 0.6 is 0 Å². The zero-order valence-corrected chi connectivity index (χ0v) is 7.70. The van der Waals surface area contributed by atoms with Gasteiger partial charge in [-0.15, -0.1) is 0 Å². The summed E-state index contributed by atoms with van der Waals surface area (Å²) in [5.41, 5.74) is 0. The van der Waals surface area contributed by atoms with Crippen LogP contribution in [-0.2, 0) is 4.74 Å². The number of hydrogen-bond acceptors (Lipinski definition) is 1. The van der Waals surface area contributed by atoms with Gasteiger partial charge >= 0.3 is 12.5 Å². The maximum absolute atomic E-state index is 12.3. The lowest BCUT2D eigenvalue weighted by Gasteiger charge is -2.20. The maximum Gasteiger partial charge on any atom is 0.416 e. The first kappa shape index (κ1) is 12.7. The lowest BCUT2D eigenvalue weighted by Crippen LogP contribution is -2.33. The molecule has 0 saturated heterocycles. The van der Waals surface area contributed by atoms with E-state index in [2.05, 4.69) is 4.74 Å². The van der Waals surface area contributed by atoms with Crippen LogP contribution in [0, 0.1) is 0 Å². The number of ether oxygens (including phenoxy) is 1. The van der Waals surface area contributed by atoms with Gasteiger partial charge < -0.3 is 4.74 Å². The van der Waals surface area contributed by atoms with Crippen molar-refractivity contribution in [2.45, 2.75) is 51.7 Å². The number of alkyl halides is 4. The van der Waals surface area contributed by atoms with Gasteiger partial charge in [0.1, 0.15) is 0 Å². The Morgan fingerprint density at radius 1 is 1.31 bits per heavy atom. The summed E-state index contributed by atoms with van der Waals surface area (Å²) in [6, 6.07) is 0. The minimum atomic E-state index is -4.31. The van der Waals surface area contributed by atoms with E-state index in [1.54, 1.807) is 0 Å². The van der Waals surface area contributed by atoms with Crippen LogP contribution in [0.25, 0.3) is 0 Å². The Hall–Kier alpha value is -0.320. The Balaban J connectivity index is 3.82. The van der Waals surface area contributed by atoms with Crippen molar-refractivity contribution in [3.05, 3.63) is 0 Å². The van der Waals surface area contributed by atoms with Crippen LogP contribution in [0.1, 0.15) is 33.1 Å². The van der Waals surface area contributed by atoms with E-state index in [9.17, 15) is 17.6 Å². The molecule has 0 aromatic heterocycles. The molecule has 0 aromatic carbocycles. The highest BCUT2D eigenvalue weighted by molar-refractivity contribution is 4.59. The summed E-state index contributed by atoms with van der Waals surface area (Å²) < 4.78 is 51.7. The molecular formula is C8H14F4O. The zero-order valence-electron chi connectivity index (χ0n) is 7.70. The summed E-state index contributed by atoms with van der Waals surface area (Å²) in [5.74, 6) is 0. The molecule has 1 atom stereocenters. The Kier molecular flexibility index (Phi) is 5.29. The predicted octanol–water partition coefficient (Wildman–Crippen LogP) is 3.44. The van der Waals surface area contributed by atoms with Gasteiger partial charge in [0.05, 0.1) is 6.10 Å². The average molecular weight is 202 g/mol. The first-order chi connectivity index (χ1) is 5.90. The van der Waals surface area contributed by atoms with Crippen LogP contribution in [0.15, 0.2) is 0 Å². The third-order valence-corrected chi connectivity index (χ3v) is 1.58. The van der Waals surface area contributed by atoms with E-state index < -0.39 is 18.6 Å². The fourth-order valence-corrected chi connectivity index (χ4v) is 0.870. The summed E-state index contributed by atoms with van der Waals surface area (Å²) in [5, 5.41) is 0. The Bertz CT molecular complexity index is 138. The monoisotopic (exact) mass is 202 g/mol. The molecule has 0 aliphatic heterocycles. The van der Waals surface area contributed by atoms with E-state index in [0.29, 0.717) is 12.8 Å². The topological polar surface area (TPSA) is 9.23 Å². The quantitative estimate of drug-likeness (QED) is 0.599. The lowest BCUT2D eigenvalue weighted by atomic mass is 10.2. The number of rotatable bonds is 6. The van der Waals surface area contributed by atoms with E-state index in [-0.39, 0.29) is 0 Å². The van der Waals surface area contributed by atoms with Gasteiger partial charge in [0.2, 0.25) is 0 Å². The highest BCUT2D eigenvalue weighted by Gasteiger charge is 2.43. The standard InChI is InChI=1S/C8H14F4O/c1-3-4-5-6(2)13-8(11,12)7(9)10/h6-7H,3-5H2,1-2H3. The molecule has 0 aliphatic rings.